The molecule has 0 aliphatic carbocycles. The highest BCUT2D eigenvalue weighted by molar-refractivity contribution is 6.33. The smallest absolute Gasteiger partial charge is 0.341 e. The Hall–Kier alpha value is -2.73. The number of anilines is 1. The van der Waals surface area contributed by atoms with Crippen LogP contribution in [0.2, 0.25) is 5.02 Å². The molecule has 0 aliphatic rings. The molecule has 0 aliphatic heterocycles. The van der Waals surface area contributed by atoms with Crippen LogP contribution in [-0.4, -0.2) is 30.5 Å². The van der Waals surface area contributed by atoms with E-state index in [1.165, 1.54) is 0 Å². The van der Waals surface area contributed by atoms with E-state index in [4.69, 9.17) is 26.2 Å². The van der Waals surface area contributed by atoms with Gasteiger partial charge in [-0.3, -0.25) is 5.43 Å². The monoisotopic (exact) mass is 348 g/mol. The van der Waals surface area contributed by atoms with Crippen molar-refractivity contribution in [2.75, 3.05) is 18.6 Å². The van der Waals surface area contributed by atoms with E-state index in [-0.39, 0.29) is 0 Å². The molecule has 0 aromatic heterocycles. The SMILES string of the molecule is CCOc1cc(C=NNc2ccccc2Cl)ccc1OCC(=O)O. The van der Waals surface area contributed by atoms with Gasteiger partial charge in [-0.25, -0.2) is 4.79 Å². The molecule has 2 N–H and O–H groups in total. The standard InChI is InChI=1S/C17H17ClN2O4/c1-2-23-16-9-12(7-8-15(16)24-11-17(21)22)10-19-20-14-6-4-3-5-13(14)18/h3-10,20H,2,11H2,1H3,(H,21,22). The summed E-state index contributed by atoms with van der Waals surface area (Å²) >= 11 is 6.03. The van der Waals surface area contributed by atoms with Gasteiger partial charge >= 0.3 is 5.97 Å². The van der Waals surface area contributed by atoms with Gasteiger partial charge in [-0.15, -0.1) is 0 Å². The van der Waals surface area contributed by atoms with Gasteiger partial charge in [0, 0.05) is 0 Å². The van der Waals surface area contributed by atoms with Crippen molar-refractivity contribution in [1.82, 2.24) is 0 Å². The summed E-state index contributed by atoms with van der Waals surface area (Å²) in [6, 6.07) is 12.4. The molecule has 0 bridgehead atoms. The number of carbonyl (C=O) groups is 1. The highest BCUT2D eigenvalue weighted by Crippen LogP contribution is 2.28. The van der Waals surface area contributed by atoms with Gasteiger partial charge in [-0.2, -0.15) is 5.10 Å². The van der Waals surface area contributed by atoms with Crippen molar-refractivity contribution in [3.63, 3.8) is 0 Å². The second-order valence-electron chi connectivity index (χ2n) is 4.67. The number of ether oxygens (including phenoxy) is 2. The van der Waals surface area contributed by atoms with Gasteiger partial charge in [0.15, 0.2) is 18.1 Å². The Morgan fingerprint density at radius 2 is 2.04 bits per heavy atom. The molecule has 0 saturated heterocycles. The first kappa shape index (κ1) is 17.6. The average Bonchev–Trinajstić information content (AvgIpc) is 2.56. The summed E-state index contributed by atoms with van der Waals surface area (Å²) in [5.74, 6) is -0.220. The van der Waals surface area contributed by atoms with Crippen LogP contribution >= 0.6 is 11.6 Å². The molecular formula is C17H17ClN2O4. The van der Waals surface area contributed by atoms with Crippen LogP contribution in [-0.2, 0) is 4.79 Å². The molecular weight excluding hydrogens is 332 g/mol. The van der Waals surface area contributed by atoms with Crippen molar-refractivity contribution in [2.24, 2.45) is 5.10 Å². The van der Waals surface area contributed by atoms with Crippen molar-refractivity contribution in [3.8, 4) is 11.5 Å². The van der Waals surface area contributed by atoms with Gasteiger partial charge in [0.25, 0.3) is 0 Å². The van der Waals surface area contributed by atoms with Crippen LogP contribution in [0.5, 0.6) is 11.5 Å². The Morgan fingerprint density at radius 3 is 2.75 bits per heavy atom. The minimum atomic E-state index is -1.05. The lowest BCUT2D eigenvalue weighted by molar-refractivity contribution is -0.139. The number of carboxylic acids is 1. The number of para-hydroxylation sites is 1. The lowest BCUT2D eigenvalue weighted by Gasteiger charge is -2.11. The molecule has 0 saturated carbocycles. The average molecular weight is 349 g/mol. The fourth-order valence-electron chi connectivity index (χ4n) is 1.86. The maximum Gasteiger partial charge on any atom is 0.341 e. The van der Waals surface area contributed by atoms with E-state index in [0.717, 1.165) is 5.56 Å². The molecule has 0 fully saturated rings. The highest BCUT2D eigenvalue weighted by Gasteiger charge is 2.08. The summed E-state index contributed by atoms with van der Waals surface area (Å²) < 4.78 is 10.7. The zero-order chi connectivity index (χ0) is 17.4. The third kappa shape index (κ3) is 5.17. The van der Waals surface area contributed by atoms with E-state index < -0.39 is 12.6 Å². The minimum absolute atomic E-state index is 0.371. The van der Waals surface area contributed by atoms with Gasteiger partial charge in [-0.05, 0) is 42.8 Å². The van der Waals surface area contributed by atoms with Crippen LogP contribution in [0.4, 0.5) is 5.69 Å². The van der Waals surface area contributed by atoms with Crippen molar-refractivity contribution in [3.05, 3.63) is 53.1 Å². The van der Waals surface area contributed by atoms with E-state index in [0.29, 0.717) is 28.8 Å². The molecule has 2 aromatic carbocycles. The number of nitrogens with zero attached hydrogens (tertiary/aromatic N) is 1. The Morgan fingerprint density at radius 1 is 1.25 bits per heavy atom. The van der Waals surface area contributed by atoms with E-state index in [1.54, 1.807) is 30.5 Å². The van der Waals surface area contributed by atoms with Crippen molar-refractivity contribution >= 4 is 29.5 Å². The van der Waals surface area contributed by atoms with Gasteiger partial charge in [0.2, 0.25) is 0 Å². The second-order valence-corrected chi connectivity index (χ2v) is 5.08. The topological polar surface area (TPSA) is 80.1 Å². The van der Waals surface area contributed by atoms with Crippen LogP contribution in [0.15, 0.2) is 47.6 Å². The maximum atomic E-state index is 10.6. The number of benzene rings is 2. The molecule has 0 heterocycles. The third-order valence-corrected chi connectivity index (χ3v) is 3.22. The van der Waals surface area contributed by atoms with Crippen LogP contribution in [0.25, 0.3) is 0 Å². The summed E-state index contributed by atoms with van der Waals surface area (Å²) in [5, 5.41) is 13.4. The van der Waals surface area contributed by atoms with E-state index in [2.05, 4.69) is 10.5 Å². The van der Waals surface area contributed by atoms with Crippen LogP contribution < -0.4 is 14.9 Å². The van der Waals surface area contributed by atoms with E-state index >= 15 is 0 Å². The number of hydrogen-bond acceptors (Lipinski definition) is 5. The number of aliphatic carboxylic acids is 1. The molecule has 2 rings (SSSR count). The molecule has 126 valence electrons. The zero-order valence-electron chi connectivity index (χ0n) is 13.0. The van der Waals surface area contributed by atoms with E-state index in [1.807, 2.05) is 25.1 Å². The molecule has 24 heavy (non-hydrogen) atoms. The Labute approximate surface area is 144 Å². The fraction of sp³-hybridized carbons (Fsp3) is 0.176. The molecule has 7 heteroatoms. The fourth-order valence-corrected chi connectivity index (χ4v) is 2.04. The van der Waals surface area contributed by atoms with Crippen LogP contribution in [0, 0.1) is 0 Å². The number of hydrazone groups is 1. The first-order valence-electron chi connectivity index (χ1n) is 7.25. The van der Waals surface area contributed by atoms with Crippen LogP contribution in [0.3, 0.4) is 0 Å². The minimum Gasteiger partial charge on any atom is -0.490 e. The molecule has 0 radical (unpaired) electrons. The molecule has 6 nitrogen and oxygen atoms in total. The predicted octanol–water partition coefficient (Wildman–Crippen LogP) is 3.65. The maximum absolute atomic E-state index is 10.6. The van der Waals surface area contributed by atoms with Crippen molar-refractivity contribution in [1.29, 1.82) is 0 Å². The van der Waals surface area contributed by atoms with Gasteiger partial charge in [-0.1, -0.05) is 23.7 Å². The molecule has 0 atom stereocenters. The van der Waals surface area contributed by atoms with Crippen LogP contribution in [0.1, 0.15) is 12.5 Å². The quantitative estimate of drug-likeness (QED) is 0.562. The van der Waals surface area contributed by atoms with Gasteiger partial charge in [0.1, 0.15) is 0 Å². The second kappa shape index (κ2) is 8.79. The Balaban J connectivity index is 2.09. The molecule has 0 unspecified atom stereocenters. The number of nitrogens with one attached hydrogen (secondary N) is 1. The van der Waals surface area contributed by atoms with E-state index in [9.17, 15) is 4.79 Å². The Kier molecular flexibility index (Phi) is 6.45. The summed E-state index contributed by atoms with van der Waals surface area (Å²) in [4.78, 5) is 10.6. The summed E-state index contributed by atoms with van der Waals surface area (Å²) in [7, 11) is 0. The number of halogens is 1. The first-order chi connectivity index (χ1) is 11.6. The lowest BCUT2D eigenvalue weighted by Crippen LogP contribution is -2.10. The summed E-state index contributed by atoms with van der Waals surface area (Å²) in [5.41, 5.74) is 4.32. The summed E-state index contributed by atoms with van der Waals surface area (Å²) in [6.45, 7) is 1.84. The largest absolute Gasteiger partial charge is 0.490 e. The van der Waals surface area contributed by atoms with Gasteiger partial charge < -0.3 is 14.6 Å². The highest BCUT2D eigenvalue weighted by atomic mass is 35.5. The molecule has 2 aromatic rings. The van der Waals surface area contributed by atoms with Crippen molar-refractivity contribution in [2.45, 2.75) is 6.92 Å². The normalized spacial score (nSPS) is 10.6. The lowest BCUT2D eigenvalue weighted by atomic mass is 10.2. The first-order valence-corrected chi connectivity index (χ1v) is 7.63. The number of carboxylic acid groups (broad SMARTS) is 1. The van der Waals surface area contributed by atoms with Crippen molar-refractivity contribution < 1.29 is 19.4 Å². The molecule has 0 amide bonds. The number of hydrogen-bond donors (Lipinski definition) is 2. The van der Waals surface area contributed by atoms with Gasteiger partial charge in [0.05, 0.1) is 23.5 Å². The zero-order valence-corrected chi connectivity index (χ0v) is 13.8. The summed E-state index contributed by atoms with van der Waals surface area (Å²) in [6.07, 6.45) is 1.60. The number of rotatable bonds is 8. The molecule has 0 spiro atoms. The third-order valence-electron chi connectivity index (χ3n) is 2.89. The predicted molar refractivity (Wildman–Crippen MR) is 93.4 cm³/mol. The Bertz CT molecular complexity index is 734.